The number of halogens is 1. The lowest BCUT2D eigenvalue weighted by atomic mass is 9.94. The van der Waals surface area contributed by atoms with Crippen LogP contribution in [0, 0.1) is 12.7 Å². The zero-order valence-corrected chi connectivity index (χ0v) is 17.2. The van der Waals surface area contributed by atoms with Crippen LogP contribution in [0.15, 0.2) is 18.2 Å². The number of hydrogen-bond donors (Lipinski definition) is 3. The van der Waals surface area contributed by atoms with Gasteiger partial charge >= 0.3 is 0 Å². The highest BCUT2D eigenvalue weighted by Gasteiger charge is 2.30. The molecule has 0 aliphatic heterocycles. The zero-order valence-electron chi connectivity index (χ0n) is 16.4. The number of benzene rings is 1. The van der Waals surface area contributed by atoms with Crippen molar-refractivity contribution in [3.8, 4) is 0 Å². The maximum Gasteiger partial charge on any atom is 0.278 e. The van der Waals surface area contributed by atoms with E-state index < -0.39 is 11.7 Å². The topological polar surface area (TPSA) is 93.4 Å². The van der Waals surface area contributed by atoms with Crippen molar-refractivity contribution in [1.29, 1.82) is 0 Å². The van der Waals surface area contributed by atoms with Crippen LogP contribution in [0.4, 0.5) is 15.1 Å². The fourth-order valence-corrected chi connectivity index (χ4v) is 4.09. The summed E-state index contributed by atoms with van der Waals surface area (Å²) in [4.78, 5) is 30.4. The predicted octanol–water partition coefficient (Wildman–Crippen LogP) is 4.10. The summed E-state index contributed by atoms with van der Waals surface area (Å²) >= 11 is 1.18. The average Bonchev–Trinajstić information content (AvgIpc) is 3.05. The lowest BCUT2D eigenvalue weighted by molar-refractivity contribution is 0.0344. The van der Waals surface area contributed by atoms with Gasteiger partial charge in [0.15, 0.2) is 5.78 Å². The molecule has 0 unspecified atom stereocenters. The number of nitrogens with two attached hydrogens (primary N) is 1. The number of hydrogen-bond acceptors (Lipinski definition) is 6. The molecular weight excluding hydrogens is 381 g/mol. The molecule has 3 rings (SSSR count). The summed E-state index contributed by atoms with van der Waals surface area (Å²) in [5.74, 6) is -0.889. The minimum atomic E-state index is -0.472. The highest BCUT2D eigenvalue weighted by atomic mass is 32.1. The molecular formula is C20H26FN3O3S. The maximum atomic E-state index is 14.2. The third kappa shape index (κ3) is 4.95. The summed E-state index contributed by atoms with van der Waals surface area (Å²) in [5.41, 5.74) is 9.75. The molecule has 1 aliphatic carbocycles. The highest BCUT2D eigenvalue weighted by Crippen LogP contribution is 2.39. The van der Waals surface area contributed by atoms with Gasteiger partial charge in [0.2, 0.25) is 0 Å². The number of carbonyl (C=O) groups is 2. The van der Waals surface area contributed by atoms with Crippen LogP contribution in [0.3, 0.4) is 0 Å². The number of fused-ring (bicyclic) bond motifs is 1. The molecule has 0 spiro atoms. The Labute approximate surface area is 168 Å². The summed E-state index contributed by atoms with van der Waals surface area (Å²) in [7, 11) is 0. The fourth-order valence-electron chi connectivity index (χ4n) is 2.87. The first-order valence-corrected chi connectivity index (χ1v) is 10.2. The number of Topliss-reactive ketones (excluding diaryl/α,β-unsaturated/α-hetero) is 1. The minimum Gasteiger partial charge on any atom is -0.344 e. The van der Waals surface area contributed by atoms with Crippen LogP contribution in [0.2, 0.25) is 0 Å². The lowest BCUT2D eigenvalue weighted by Gasteiger charge is -2.13. The number of amides is 1. The first-order valence-electron chi connectivity index (χ1n) is 9.35. The Kier molecular flexibility index (Phi) is 8.10. The minimum absolute atomic E-state index is 0.00519. The number of nitrogens with one attached hydrogen (secondary N) is 2. The van der Waals surface area contributed by atoms with Crippen LogP contribution >= 0.6 is 11.3 Å². The van der Waals surface area contributed by atoms with Crippen LogP contribution in [0.25, 0.3) is 0 Å². The van der Waals surface area contributed by atoms with E-state index >= 15 is 0 Å². The summed E-state index contributed by atoms with van der Waals surface area (Å²) in [6, 6.07) is 4.79. The van der Waals surface area contributed by atoms with Gasteiger partial charge in [-0.15, -0.1) is 11.3 Å². The molecule has 152 valence electrons. The van der Waals surface area contributed by atoms with E-state index in [2.05, 4.69) is 10.8 Å². The fraction of sp³-hybridized carbons (Fsp3) is 0.400. The Hall–Kier alpha value is -2.29. The van der Waals surface area contributed by atoms with Crippen LogP contribution < -0.4 is 16.5 Å². The van der Waals surface area contributed by atoms with Gasteiger partial charge in [0.25, 0.3) is 5.91 Å². The van der Waals surface area contributed by atoms with Crippen LogP contribution in [-0.4, -0.2) is 24.8 Å². The Morgan fingerprint density at radius 2 is 2.07 bits per heavy atom. The van der Waals surface area contributed by atoms with Gasteiger partial charge < -0.3 is 11.1 Å². The number of hydroxylamine groups is 1. The molecule has 8 heteroatoms. The third-order valence-corrected chi connectivity index (χ3v) is 5.26. The number of carbonyl (C=O) groups excluding carboxylic acids is 2. The number of aryl methyl sites for hydroxylation is 1. The van der Waals surface area contributed by atoms with Crippen molar-refractivity contribution in [2.45, 2.75) is 40.0 Å². The molecule has 1 aromatic heterocycles. The van der Waals surface area contributed by atoms with Gasteiger partial charge in [-0.25, -0.2) is 9.87 Å². The number of rotatable bonds is 6. The largest absolute Gasteiger partial charge is 0.344 e. The number of thiophene rings is 1. The van der Waals surface area contributed by atoms with E-state index in [4.69, 9.17) is 10.6 Å². The second-order valence-corrected chi connectivity index (χ2v) is 7.09. The van der Waals surface area contributed by atoms with Crippen molar-refractivity contribution in [3.63, 3.8) is 0 Å². The molecule has 1 aromatic carbocycles. The van der Waals surface area contributed by atoms with Gasteiger partial charge in [0.05, 0.1) is 22.7 Å². The van der Waals surface area contributed by atoms with Crippen molar-refractivity contribution >= 4 is 33.7 Å². The molecule has 6 nitrogen and oxygen atoms in total. The monoisotopic (exact) mass is 407 g/mol. The van der Waals surface area contributed by atoms with Gasteiger partial charge in [-0.2, -0.15) is 0 Å². The van der Waals surface area contributed by atoms with E-state index in [0.717, 1.165) is 5.56 Å². The molecule has 28 heavy (non-hydrogen) atoms. The van der Waals surface area contributed by atoms with E-state index in [1.54, 1.807) is 19.1 Å². The molecule has 0 saturated carbocycles. The van der Waals surface area contributed by atoms with E-state index in [-0.39, 0.29) is 24.6 Å². The Morgan fingerprint density at radius 1 is 1.32 bits per heavy atom. The molecule has 4 N–H and O–H groups in total. The van der Waals surface area contributed by atoms with Crippen molar-refractivity contribution in [2.24, 2.45) is 5.73 Å². The van der Waals surface area contributed by atoms with E-state index in [1.165, 1.54) is 17.4 Å². The second-order valence-electron chi connectivity index (χ2n) is 6.07. The first kappa shape index (κ1) is 22.0. The van der Waals surface area contributed by atoms with Crippen molar-refractivity contribution < 1.29 is 18.8 Å². The molecule has 1 amide bonds. The van der Waals surface area contributed by atoms with E-state index in [0.29, 0.717) is 40.3 Å². The quantitative estimate of drug-likeness (QED) is 0.495. The SMILES string of the molecule is CC.Cc1ccc(Nc2sc3c(c2C(=O)NOCCN)CCCC3=O)c(F)c1. The summed E-state index contributed by atoms with van der Waals surface area (Å²) in [6.45, 7) is 6.23. The Balaban J connectivity index is 0.00000136. The number of anilines is 2. The smallest absolute Gasteiger partial charge is 0.278 e. The van der Waals surface area contributed by atoms with Gasteiger partial charge in [-0.05, 0) is 43.0 Å². The van der Waals surface area contributed by atoms with Gasteiger partial charge in [0.1, 0.15) is 10.8 Å². The van der Waals surface area contributed by atoms with Crippen molar-refractivity contribution in [3.05, 3.63) is 45.6 Å². The molecule has 2 aromatic rings. The van der Waals surface area contributed by atoms with Crippen LogP contribution in [-0.2, 0) is 11.3 Å². The standard InChI is InChI=1S/C18H20FN3O3S.C2H6/c1-10-5-6-13(12(19)9-10)21-18-15(17(24)22-25-8-7-20)11-3-2-4-14(23)16(11)26-18;1-2/h5-6,9,21H,2-4,7-8,20H2,1H3,(H,22,24);1-2H3. The third-order valence-electron chi connectivity index (χ3n) is 4.08. The normalized spacial score (nSPS) is 12.7. The molecule has 0 radical (unpaired) electrons. The van der Waals surface area contributed by atoms with Gasteiger partial charge in [-0.1, -0.05) is 19.9 Å². The highest BCUT2D eigenvalue weighted by molar-refractivity contribution is 7.18. The maximum absolute atomic E-state index is 14.2. The Morgan fingerprint density at radius 3 is 2.75 bits per heavy atom. The van der Waals surface area contributed by atoms with E-state index in [1.807, 2.05) is 13.8 Å². The average molecular weight is 408 g/mol. The molecule has 0 bridgehead atoms. The number of ketones is 1. The van der Waals surface area contributed by atoms with Gasteiger partial charge in [0, 0.05) is 13.0 Å². The zero-order chi connectivity index (χ0) is 20.7. The summed E-state index contributed by atoms with van der Waals surface area (Å²) in [5, 5.41) is 3.40. The van der Waals surface area contributed by atoms with Crippen molar-refractivity contribution in [2.75, 3.05) is 18.5 Å². The van der Waals surface area contributed by atoms with Crippen LogP contribution in [0.1, 0.15) is 57.8 Å². The molecule has 0 atom stereocenters. The Bertz CT molecular complexity index is 851. The molecule has 1 heterocycles. The van der Waals surface area contributed by atoms with Crippen LogP contribution in [0.5, 0.6) is 0 Å². The molecule has 0 fully saturated rings. The lowest BCUT2D eigenvalue weighted by Crippen LogP contribution is -2.28. The van der Waals surface area contributed by atoms with Gasteiger partial charge in [-0.3, -0.25) is 14.4 Å². The van der Waals surface area contributed by atoms with Crippen molar-refractivity contribution in [1.82, 2.24) is 5.48 Å². The molecule has 1 aliphatic rings. The summed E-state index contributed by atoms with van der Waals surface area (Å²) in [6.07, 6.45) is 1.76. The summed E-state index contributed by atoms with van der Waals surface area (Å²) < 4.78 is 14.2. The second kappa shape index (κ2) is 10.3. The molecule has 0 saturated heterocycles. The predicted molar refractivity (Wildman–Crippen MR) is 110 cm³/mol. The van der Waals surface area contributed by atoms with E-state index in [9.17, 15) is 14.0 Å². The first-order chi connectivity index (χ1) is 13.5.